The van der Waals surface area contributed by atoms with E-state index in [1.807, 2.05) is 44.3 Å². The first-order valence-electron chi connectivity index (χ1n) is 10.1. The van der Waals surface area contributed by atoms with Crippen LogP contribution in [0.3, 0.4) is 0 Å². The summed E-state index contributed by atoms with van der Waals surface area (Å²) in [6.45, 7) is 6.09. The van der Waals surface area contributed by atoms with Crippen LogP contribution in [0.5, 0.6) is 5.75 Å². The lowest BCUT2D eigenvalue weighted by Crippen LogP contribution is -2.47. The zero-order valence-electron chi connectivity index (χ0n) is 16.9. The van der Waals surface area contributed by atoms with Crippen LogP contribution in [-0.4, -0.2) is 43.7 Å². The van der Waals surface area contributed by atoms with Gasteiger partial charge in [-0.1, -0.05) is 42.5 Å². The van der Waals surface area contributed by atoms with E-state index >= 15 is 0 Å². The number of rotatable bonds is 7. The molecule has 28 heavy (non-hydrogen) atoms. The third kappa shape index (κ3) is 5.99. The Bertz CT molecular complexity index is 723. The van der Waals surface area contributed by atoms with E-state index in [9.17, 15) is 0 Å². The number of piperidine rings is 1. The molecular formula is C23H31N3O2. The van der Waals surface area contributed by atoms with Crippen molar-refractivity contribution in [1.82, 2.24) is 10.2 Å². The van der Waals surface area contributed by atoms with Crippen LogP contribution < -0.4 is 10.1 Å². The Balaban J connectivity index is 1.44. The summed E-state index contributed by atoms with van der Waals surface area (Å²) < 4.78 is 11.5. The number of para-hydroxylation sites is 1. The number of likely N-dealkylation sites (tertiary alicyclic amines) is 1. The van der Waals surface area contributed by atoms with Crippen molar-refractivity contribution in [3.05, 3.63) is 65.7 Å². The van der Waals surface area contributed by atoms with Gasteiger partial charge >= 0.3 is 0 Å². The molecule has 1 fully saturated rings. The van der Waals surface area contributed by atoms with Crippen molar-refractivity contribution in [2.45, 2.75) is 39.0 Å². The second kappa shape index (κ2) is 10.7. The number of benzene rings is 2. The normalized spacial score (nSPS) is 15.5. The van der Waals surface area contributed by atoms with Gasteiger partial charge in [-0.15, -0.1) is 0 Å². The van der Waals surface area contributed by atoms with Crippen LogP contribution in [0.4, 0.5) is 0 Å². The standard InChI is InChI=1S/C23H31N3O2/c1-3-27-18-20-11-9-19(10-12-20)17-25-23(24-2)26-15-13-22(14-16-26)28-21-7-5-4-6-8-21/h4-12,22H,3,13-18H2,1-2H3,(H,24,25). The van der Waals surface area contributed by atoms with Crippen LogP contribution in [0.2, 0.25) is 0 Å². The molecule has 2 aromatic rings. The minimum Gasteiger partial charge on any atom is -0.490 e. The van der Waals surface area contributed by atoms with Crippen LogP contribution in [0, 0.1) is 0 Å². The average Bonchev–Trinajstić information content (AvgIpc) is 2.75. The van der Waals surface area contributed by atoms with E-state index in [0.29, 0.717) is 6.61 Å². The van der Waals surface area contributed by atoms with E-state index in [2.05, 4.69) is 39.5 Å². The molecule has 0 unspecified atom stereocenters. The monoisotopic (exact) mass is 381 g/mol. The van der Waals surface area contributed by atoms with Crippen molar-refractivity contribution < 1.29 is 9.47 Å². The number of hydrogen-bond acceptors (Lipinski definition) is 3. The fraction of sp³-hybridized carbons (Fsp3) is 0.435. The Morgan fingerprint density at radius 1 is 1.04 bits per heavy atom. The summed E-state index contributed by atoms with van der Waals surface area (Å²) in [6, 6.07) is 18.6. The number of guanidine groups is 1. The molecule has 0 amide bonds. The summed E-state index contributed by atoms with van der Waals surface area (Å²) in [5, 5.41) is 3.49. The molecule has 0 aromatic heterocycles. The van der Waals surface area contributed by atoms with E-state index in [-0.39, 0.29) is 6.10 Å². The van der Waals surface area contributed by atoms with Gasteiger partial charge in [0, 0.05) is 46.1 Å². The molecule has 0 bridgehead atoms. The summed E-state index contributed by atoms with van der Waals surface area (Å²) in [5.74, 6) is 1.91. The maximum absolute atomic E-state index is 6.09. The molecule has 1 saturated heterocycles. The van der Waals surface area contributed by atoms with Crippen molar-refractivity contribution in [1.29, 1.82) is 0 Å². The van der Waals surface area contributed by atoms with Crippen LogP contribution in [0.1, 0.15) is 30.9 Å². The zero-order valence-corrected chi connectivity index (χ0v) is 16.9. The maximum atomic E-state index is 6.09. The van der Waals surface area contributed by atoms with E-state index < -0.39 is 0 Å². The van der Waals surface area contributed by atoms with Crippen molar-refractivity contribution in [2.75, 3.05) is 26.7 Å². The third-order valence-electron chi connectivity index (χ3n) is 4.95. The SMILES string of the molecule is CCOCc1ccc(CNC(=NC)N2CCC(Oc3ccccc3)CC2)cc1. The molecule has 0 radical (unpaired) electrons. The van der Waals surface area contributed by atoms with Crippen LogP contribution in [-0.2, 0) is 17.9 Å². The molecule has 0 atom stereocenters. The number of aliphatic imine (C=N–C) groups is 1. The Morgan fingerprint density at radius 2 is 1.71 bits per heavy atom. The van der Waals surface area contributed by atoms with Gasteiger partial charge in [0.1, 0.15) is 11.9 Å². The number of hydrogen-bond donors (Lipinski definition) is 1. The largest absolute Gasteiger partial charge is 0.490 e. The second-order valence-electron chi connectivity index (χ2n) is 6.97. The molecule has 0 spiro atoms. The van der Waals surface area contributed by atoms with Gasteiger partial charge in [0.25, 0.3) is 0 Å². The first-order valence-corrected chi connectivity index (χ1v) is 10.1. The first-order chi connectivity index (χ1) is 13.8. The summed E-state index contributed by atoms with van der Waals surface area (Å²) in [5.41, 5.74) is 2.44. The molecule has 1 N–H and O–H groups in total. The van der Waals surface area contributed by atoms with Crippen molar-refractivity contribution in [3.63, 3.8) is 0 Å². The van der Waals surface area contributed by atoms with Gasteiger partial charge in [0.15, 0.2) is 5.96 Å². The van der Waals surface area contributed by atoms with E-state index in [1.165, 1.54) is 11.1 Å². The summed E-state index contributed by atoms with van der Waals surface area (Å²) in [4.78, 5) is 6.78. The number of nitrogens with one attached hydrogen (secondary N) is 1. The van der Waals surface area contributed by atoms with Gasteiger partial charge < -0.3 is 19.7 Å². The first kappa shape index (κ1) is 20.2. The quantitative estimate of drug-likeness (QED) is 0.585. The van der Waals surface area contributed by atoms with Crippen molar-refractivity contribution in [3.8, 4) is 5.75 Å². The topological polar surface area (TPSA) is 46.1 Å². The molecule has 2 aromatic carbocycles. The molecule has 5 heteroatoms. The summed E-state index contributed by atoms with van der Waals surface area (Å²) in [7, 11) is 1.85. The molecule has 5 nitrogen and oxygen atoms in total. The predicted molar refractivity (Wildman–Crippen MR) is 114 cm³/mol. The second-order valence-corrected chi connectivity index (χ2v) is 6.97. The van der Waals surface area contributed by atoms with E-state index in [0.717, 1.165) is 50.8 Å². The Hall–Kier alpha value is -2.53. The minimum absolute atomic E-state index is 0.273. The molecule has 1 aliphatic heterocycles. The van der Waals surface area contributed by atoms with Crippen LogP contribution in [0.25, 0.3) is 0 Å². The van der Waals surface area contributed by atoms with Crippen LogP contribution in [0.15, 0.2) is 59.6 Å². The predicted octanol–water partition coefficient (Wildman–Crippen LogP) is 3.84. The van der Waals surface area contributed by atoms with E-state index in [4.69, 9.17) is 9.47 Å². The molecule has 0 saturated carbocycles. The average molecular weight is 382 g/mol. The zero-order chi connectivity index (χ0) is 19.6. The molecule has 3 rings (SSSR count). The summed E-state index contributed by atoms with van der Waals surface area (Å²) >= 11 is 0. The Morgan fingerprint density at radius 3 is 2.36 bits per heavy atom. The highest BCUT2D eigenvalue weighted by Gasteiger charge is 2.22. The van der Waals surface area contributed by atoms with Gasteiger partial charge in [-0.25, -0.2) is 0 Å². The number of nitrogens with zero attached hydrogens (tertiary/aromatic N) is 2. The molecule has 0 aliphatic carbocycles. The lowest BCUT2D eigenvalue weighted by atomic mass is 10.1. The molecule has 150 valence electrons. The third-order valence-corrected chi connectivity index (χ3v) is 4.95. The molecule has 1 aliphatic rings. The molecular weight excluding hydrogens is 350 g/mol. The Kier molecular flexibility index (Phi) is 7.73. The highest BCUT2D eigenvalue weighted by Crippen LogP contribution is 2.18. The highest BCUT2D eigenvalue weighted by molar-refractivity contribution is 5.79. The van der Waals surface area contributed by atoms with Gasteiger partial charge in [-0.2, -0.15) is 0 Å². The highest BCUT2D eigenvalue weighted by atomic mass is 16.5. The number of ether oxygens (including phenoxy) is 2. The van der Waals surface area contributed by atoms with Gasteiger partial charge in [0.2, 0.25) is 0 Å². The fourth-order valence-corrected chi connectivity index (χ4v) is 3.36. The minimum atomic E-state index is 0.273. The summed E-state index contributed by atoms with van der Waals surface area (Å²) in [6.07, 6.45) is 2.28. The fourth-order valence-electron chi connectivity index (χ4n) is 3.36. The van der Waals surface area contributed by atoms with E-state index in [1.54, 1.807) is 0 Å². The van der Waals surface area contributed by atoms with Gasteiger partial charge in [0.05, 0.1) is 6.61 Å². The van der Waals surface area contributed by atoms with Crippen LogP contribution >= 0.6 is 0 Å². The Labute approximate surface area is 168 Å². The maximum Gasteiger partial charge on any atom is 0.193 e. The van der Waals surface area contributed by atoms with Crippen molar-refractivity contribution in [2.24, 2.45) is 4.99 Å². The lowest BCUT2D eigenvalue weighted by molar-refractivity contribution is 0.129. The lowest BCUT2D eigenvalue weighted by Gasteiger charge is -2.34. The van der Waals surface area contributed by atoms with Gasteiger partial charge in [-0.3, -0.25) is 4.99 Å². The molecule has 1 heterocycles. The van der Waals surface area contributed by atoms with Crippen molar-refractivity contribution >= 4 is 5.96 Å². The smallest absolute Gasteiger partial charge is 0.193 e. The van der Waals surface area contributed by atoms with Gasteiger partial charge in [-0.05, 0) is 30.2 Å².